The SMILES string of the molecule is CCOC(=O)CCCNC(=NC)NC1CCN(c2cccs2)CC1.I. The van der Waals surface area contributed by atoms with Crippen LogP contribution in [0.15, 0.2) is 22.5 Å². The molecule has 1 aromatic rings. The largest absolute Gasteiger partial charge is 0.466 e. The van der Waals surface area contributed by atoms with Crippen molar-refractivity contribution in [3.8, 4) is 0 Å². The van der Waals surface area contributed by atoms with Gasteiger partial charge in [-0.2, -0.15) is 0 Å². The third-order valence-electron chi connectivity index (χ3n) is 4.03. The van der Waals surface area contributed by atoms with Gasteiger partial charge in [0.2, 0.25) is 0 Å². The highest BCUT2D eigenvalue weighted by molar-refractivity contribution is 14.0. The number of thiophene rings is 1. The summed E-state index contributed by atoms with van der Waals surface area (Å²) >= 11 is 1.80. The summed E-state index contributed by atoms with van der Waals surface area (Å²) < 4.78 is 4.92. The number of nitrogens with zero attached hydrogens (tertiary/aromatic N) is 2. The number of carbonyl (C=O) groups is 1. The number of guanidine groups is 1. The first-order chi connectivity index (χ1) is 11.7. The van der Waals surface area contributed by atoms with Gasteiger partial charge in [0.25, 0.3) is 0 Å². The summed E-state index contributed by atoms with van der Waals surface area (Å²) in [7, 11) is 1.78. The van der Waals surface area contributed by atoms with E-state index in [1.54, 1.807) is 18.4 Å². The van der Waals surface area contributed by atoms with Crippen molar-refractivity contribution in [3.63, 3.8) is 0 Å². The smallest absolute Gasteiger partial charge is 0.305 e. The van der Waals surface area contributed by atoms with Gasteiger partial charge in [0, 0.05) is 39.1 Å². The van der Waals surface area contributed by atoms with Gasteiger partial charge in [-0.25, -0.2) is 0 Å². The quantitative estimate of drug-likeness (QED) is 0.207. The van der Waals surface area contributed by atoms with Gasteiger partial charge in [0.15, 0.2) is 5.96 Å². The Morgan fingerprint density at radius 1 is 1.44 bits per heavy atom. The van der Waals surface area contributed by atoms with Crippen LogP contribution < -0.4 is 15.5 Å². The van der Waals surface area contributed by atoms with E-state index < -0.39 is 0 Å². The molecule has 0 atom stereocenters. The van der Waals surface area contributed by atoms with Crippen molar-refractivity contribution in [1.29, 1.82) is 0 Å². The maximum Gasteiger partial charge on any atom is 0.305 e. The number of nitrogens with one attached hydrogen (secondary N) is 2. The fourth-order valence-electron chi connectivity index (χ4n) is 2.75. The van der Waals surface area contributed by atoms with E-state index in [-0.39, 0.29) is 29.9 Å². The first-order valence-corrected chi connectivity index (χ1v) is 9.52. The molecule has 1 saturated heterocycles. The predicted octanol–water partition coefficient (Wildman–Crippen LogP) is 2.84. The molecule has 25 heavy (non-hydrogen) atoms. The van der Waals surface area contributed by atoms with Gasteiger partial charge in [0.05, 0.1) is 11.6 Å². The monoisotopic (exact) mass is 480 g/mol. The van der Waals surface area contributed by atoms with Gasteiger partial charge < -0.3 is 20.3 Å². The first kappa shape index (κ1) is 22.0. The maximum absolute atomic E-state index is 11.3. The summed E-state index contributed by atoms with van der Waals surface area (Å²) in [6.45, 7) is 5.12. The molecular formula is C17H29IN4O2S. The van der Waals surface area contributed by atoms with E-state index in [1.165, 1.54) is 5.00 Å². The second kappa shape index (κ2) is 12.3. The van der Waals surface area contributed by atoms with Crippen molar-refractivity contribution in [2.75, 3.05) is 38.2 Å². The Morgan fingerprint density at radius 3 is 2.80 bits per heavy atom. The molecule has 142 valence electrons. The van der Waals surface area contributed by atoms with E-state index in [4.69, 9.17) is 4.74 Å². The summed E-state index contributed by atoms with van der Waals surface area (Å²) in [5.41, 5.74) is 0. The lowest BCUT2D eigenvalue weighted by Crippen LogP contribution is -2.48. The fourth-order valence-corrected chi connectivity index (χ4v) is 3.54. The van der Waals surface area contributed by atoms with Crippen LogP contribution in [0.2, 0.25) is 0 Å². The first-order valence-electron chi connectivity index (χ1n) is 8.64. The van der Waals surface area contributed by atoms with Crippen LogP contribution in [-0.2, 0) is 9.53 Å². The van der Waals surface area contributed by atoms with E-state index in [9.17, 15) is 4.79 Å². The second-order valence-electron chi connectivity index (χ2n) is 5.76. The van der Waals surface area contributed by atoms with Crippen molar-refractivity contribution >= 4 is 52.2 Å². The number of aliphatic imine (C=N–C) groups is 1. The van der Waals surface area contributed by atoms with E-state index >= 15 is 0 Å². The molecule has 6 nitrogen and oxygen atoms in total. The molecule has 0 saturated carbocycles. The molecule has 0 unspecified atom stereocenters. The number of esters is 1. The van der Waals surface area contributed by atoms with Gasteiger partial charge in [-0.1, -0.05) is 0 Å². The lowest BCUT2D eigenvalue weighted by atomic mass is 10.1. The van der Waals surface area contributed by atoms with E-state index in [0.29, 0.717) is 25.6 Å². The molecule has 1 aliphatic heterocycles. The van der Waals surface area contributed by atoms with Crippen LogP contribution in [0.3, 0.4) is 0 Å². The zero-order valence-electron chi connectivity index (χ0n) is 15.0. The van der Waals surface area contributed by atoms with E-state index in [0.717, 1.165) is 38.3 Å². The molecule has 1 aromatic heterocycles. The molecule has 2 rings (SSSR count). The molecule has 2 heterocycles. The van der Waals surface area contributed by atoms with Gasteiger partial charge in [-0.15, -0.1) is 35.3 Å². The van der Waals surface area contributed by atoms with Crippen LogP contribution in [0.1, 0.15) is 32.6 Å². The molecule has 0 bridgehead atoms. The van der Waals surface area contributed by atoms with E-state index in [1.807, 2.05) is 6.92 Å². The number of hydrogen-bond donors (Lipinski definition) is 2. The highest BCUT2D eigenvalue weighted by Crippen LogP contribution is 2.24. The summed E-state index contributed by atoms with van der Waals surface area (Å²) in [4.78, 5) is 18.0. The number of anilines is 1. The Labute approximate surface area is 171 Å². The standard InChI is InChI=1S/C17H28N4O2S.HI/c1-3-23-16(22)7-4-10-19-17(18-2)20-14-8-11-21(12-9-14)15-6-5-13-24-15;/h5-6,13-14H,3-4,7-12H2,1-2H3,(H2,18,19,20);1H. The molecular weight excluding hydrogens is 451 g/mol. The van der Waals surface area contributed by atoms with E-state index in [2.05, 4.69) is 38.0 Å². The lowest BCUT2D eigenvalue weighted by Gasteiger charge is -2.33. The molecule has 2 N–H and O–H groups in total. The third kappa shape index (κ3) is 7.81. The minimum absolute atomic E-state index is 0. The number of hydrogen-bond acceptors (Lipinski definition) is 5. The third-order valence-corrected chi connectivity index (χ3v) is 4.96. The number of piperidine rings is 1. The number of rotatable bonds is 7. The second-order valence-corrected chi connectivity index (χ2v) is 6.69. The molecule has 0 aromatic carbocycles. The zero-order chi connectivity index (χ0) is 17.2. The van der Waals surface area contributed by atoms with Crippen LogP contribution >= 0.6 is 35.3 Å². The lowest BCUT2D eigenvalue weighted by molar-refractivity contribution is -0.143. The van der Waals surface area contributed by atoms with Crippen LogP contribution in [0.5, 0.6) is 0 Å². The average Bonchev–Trinajstić information content (AvgIpc) is 3.13. The molecule has 1 fully saturated rings. The van der Waals surface area contributed by atoms with Crippen molar-refractivity contribution in [2.24, 2.45) is 4.99 Å². The summed E-state index contributed by atoms with van der Waals surface area (Å²) in [6, 6.07) is 4.73. The summed E-state index contributed by atoms with van der Waals surface area (Å²) in [6.07, 6.45) is 3.39. The minimum atomic E-state index is -0.136. The molecule has 1 aliphatic rings. The molecule has 8 heteroatoms. The zero-order valence-corrected chi connectivity index (χ0v) is 18.1. The van der Waals surface area contributed by atoms with Gasteiger partial charge in [-0.3, -0.25) is 9.79 Å². The Kier molecular flexibility index (Phi) is 10.9. The van der Waals surface area contributed by atoms with Gasteiger partial charge in [-0.05, 0) is 43.7 Å². The number of carbonyl (C=O) groups excluding carboxylic acids is 1. The van der Waals surface area contributed by atoms with Gasteiger partial charge in [0.1, 0.15) is 0 Å². The fraction of sp³-hybridized carbons (Fsp3) is 0.647. The Bertz CT molecular complexity index is 517. The van der Waals surface area contributed by atoms with Crippen molar-refractivity contribution < 1.29 is 9.53 Å². The van der Waals surface area contributed by atoms with Crippen molar-refractivity contribution in [1.82, 2.24) is 10.6 Å². The number of halogens is 1. The Hall–Kier alpha value is -1.03. The molecule has 0 aliphatic carbocycles. The average molecular weight is 480 g/mol. The molecule has 0 spiro atoms. The van der Waals surface area contributed by atoms with Crippen LogP contribution in [0.4, 0.5) is 5.00 Å². The Morgan fingerprint density at radius 2 is 2.20 bits per heavy atom. The molecule has 0 amide bonds. The molecule has 0 radical (unpaired) electrons. The maximum atomic E-state index is 11.3. The van der Waals surface area contributed by atoms with Crippen LogP contribution in [0.25, 0.3) is 0 Å². The summed E-state index contributed by atoms with van der Waals surface area (Å²) in [5.74, 6) is 0.677. The number of ether oxygens (including phenoxy) is 1. The van der Waals surface area contributed by atoms with Crippen LogP contribution in [0, 0.1) is 0 Å². The topological polar surface area (TPSA) is 66.0 Å². The highest BCUT2D eigenvalue weighted by atomic mass is 127. The van der Waals surface area contributed by atoms with Gasteiger partial charge >= 0.3 is 5.97 Å². The highest BCUT2D eigenvalue weighted by Gasteiger charge is 2.20. The van der Waals surface area contributed by atoms with Crippen LogP contribution in [-0.4, -0.2) is 51.3 Å². The Balaban J connectivity index is 0.00000312. The van der Waals surface area contributed by atoms with Crippen molar-refractivity contribution in [3.05, 3.63) is 17.5 Å². The normalized spacial score (nSPS) is 15.4. The minimum Gasteiger partial charge on any atom is -0.466 e. The predicted molar refractivity (Wildman–Crippen MR) is 115 cm³/mol. The van der Waals surface area contributed by atoms with Crippen molar-refractivity contribution in [2.45, 2.75) is 38.6 Å². The summed E-state index contributed by atoms with van der Waals surface area (Å²) in [5, 5.41) is 10.2.